The van der Waals surface area contributed by atoms with Crippen molar-refractivity contribution in [1.29, 1.82) is 0 Å². The summed E-state index contributed by atoms with van der Waals surface area (Å²) < 4.78 is 17.3. The first-order valence-corrected chi connectivity index (χ1v) is 3.59. The minimum atomic E-state index is -0.632. The quantitative estimate of drug-likeness (QED) is 0.666. The Kier molecular flexibility index (Phi) is 2.65. The maximum absolute atomic E-state index is 12.9. The third-order valence-electron chi connectivity index (χ3n) is 1.31. The average Bonchev–Trinajstić information content (AvgIpc) is 1.96. The molecular formula is C8H6ClFO2. The monoisotopic (exact) mass is 188 g/mol. The van der Waals surface area contributed by atoms with Crippen molar-refractivity contribution in [1.82, 2.24) is 0 Å². The van der Waals surface area contributed by atoms with Crippen molar-refractivity contribution in [2.75, 3.05) is 0 Å². The first kappa shape index (κ1) is 9.00. The summed E-state index contributed by atoms with van der Waals surface area (Å²) in [5.74, 6) is -0.857. The van der Waals surface area contributed by atoms with Crippen LogP contribution in [0.3, 0.4) is 0 Å². The van der Waals surface area contributed by atoms with Crippen LogP contribution >= 0.6 is 11.6 Å². The highest BCUT2D eigenvalue weighted by Crippen LogP contribution is 2.28. The van der Waals surface area contributed by atoms with Gasteiger partial charge < -0.3 is 4.74 Å². The zero-order chi connectivity index (χ0) is 9.14. The predicted octanol–water partition coefficient (Wildman–Crippen LogP) is 2.32. The zero-order valence-electron chi connectivity index (χ0n) is 6.30. The predicted molar refractivity (Wildman–Crippen MR) is 42.8 cm³/mol. The molecule has 0 amide bonds. The third-order valence-corrected chi connectivity index (χ3v) is 1.59. The second-order valence-electron chi connectivity index (χ2n) is 2.27. The number of aryl methyl sites for hydroxylation is 1. The molecule has 64 valence electrons. The van der Waals surface area contributed by atoms with Crippen LogP contribution in [0, 0.1) is 12.7 Å². The summed E-state index contributed by atoms with van der Waals surface area (Å²) in [4.78, 5) is 9.92. The van der Waals surface area contributed by atoms with Crippen LogP contribution in [0.15, 0.2) is 12.1 Å². The number of benzene rings is 1. The number of ether oxygens (including phenoxy) is 1. The lowest BCUT2D eigenvalue weighted by Gasteiger charge is -2.03. The fraction of sp³-hybridized carbons (Fsp3) is 0.125. The lowest BCUT2D eigenvalue weighted by atomic mass is 10.2. The van der Waals surface area contributed by atoms with Gasteiger partial charge in [-0.05, 0) is 24.6 Å². The molecule has 0 saturated carbocycles. The smallest absolute Gasteiger partial charge is 0.298 e. The van der Waals surface area contributed by atoms with Crippen LogP contribution < -0.4 is 4.74 Å². The van der Waals surface area contributed by atoms with Gasteiger partial charge in [0, 0.05) is 0 Å². The van der Waals surface area contributed by atoms with Crippen molar-refractivity contribution in [2.24, 2.45) is 0 Å². The maximum Gasteiger partial charge on any atom is 0.298 e. The van der Waals surface area contributed by atoms with Crippen LogP contribution in [0.2, 0.25) is 5.02 Å². The van der Waals surface area contributed by atoms with Crippen molar-refractivity contribution in [2.45, 2.75) is 6.92 Å². The molecule has 0 aliphatic carbocycles. The molecule has 0 fully saturated rings. The molecule has 2 nitrogen and oxygen atoms in total. The van der Waals surface area contributed by atoms with Gasteiger partial charge in [0.2, 0.25) is 0 Å². The summed E-state index contributed by atoms with van der Waals surface area (Å²) in [6.07, 6.45) is 0. The van der Waals surface area contributed by atoms with E-state index in [4.69, 9.17) is 11.6 Å². The van der Waals surface area contributed by atoms with E-state index in [2.05, 4.69) is 4.74 Å². The Morgan fingerprint density at radius 1 is 1.58 bits per heavy atom. The van der Waals surface area contributed by atoms with Crippen LogP contribution in [-0.4, -0.2) is 6.47 Å². The SMILES string of the molecule is Cc1cc(F)c(OC=O)c(Cl)c1. The van der Waals surface area contributed by atoms with Gasteiger partial charge in [-0.25, -0.2) is 4.39 Å². The number of carbonyl (C=O) groups excluding carboxylic acids is 1. The highest BCUT2D eigenvalue weighted by atomic mass is 35.5. The van der Waals surface area contributed by atoms with Crippen LogP contribution in [-0.2, 0) is 4.79 Å². The molecule has 1 rings (SSSR count). The second kappa shape index (κ2) is 3.54. The zero-order valence-corrected chi connectivity index (χ0v) is 7.06. The number of halogens is 2. The summed E-state index contributed by atoms with van der Waals surface area (Å²) in [7, 11) is 0. The molecule has 0 aromatic heterocycles. The topological polar surface area (TPSA) is 26.3 Å². The van der Waals surface area contributed by atoms with Crippen LogP contribution in [0.25, 0.3) is 0 Å². The van der Waals surface area contributed by atoms with E-state index < -0.39 is 5.82 Å². The Morgan fingerprint density at radius 2 is 2.25 bits per heavy atom. The van der Waals surface area contributed by atoms with Crippen LogP contribution in [0.4, 0.5) is 4.39 Å². The van der Waals surface area contributed by atoms with Gasteiger partial charge in [0.25, 0.3) is 6.47 Å². The summed E-state index contributed by atoms with van der Waals surface area (Å²) >= 11 is 5.59. The molecule has 0 aliphatic heterocycles. The van der Waals surface area contributed by atoms with Gasteiger partial charge >= 0.3 is 0 Å². The molecule has 12 heavy (non-hydrogen) atoms. The van der Waals surface area contributed by atoms with E-state index in [-0.39, 0.29) is 17.2 Å². The van der Waals surface area contributed by atoms with E-state index in [9.17, 15) is 9.18 Å². The molecule has 0 bridgehead atoms. The Morgan fingerprint density at radius 3 is 2.75 bits per heavy atom. The molecule has 0 atom stereocenters. The summed E-state index contributed by atoms with van der Waals surface area (Å²) in [5, 5.41) is 0.0969. The van der Waals surface area contributed by atoms with Gasteiger partial charge in [0.1, 0.15) is 0 Å². The van der Waals surface area contributed by atoms with E-state index in [1.54, 1.807) is 6.92 Å². The van der Waals surface area contributed by atoms with Crippen LogP contribution in [0.1, 0.15) is 5.56 Å². The van der Waals surface area contributed by atoms with E-state index >= 15 is 0 Å². The molecule has 1 aromatic carbocycles. The Labute approximate surface area is 73.9 Å². The van der Waals surface area contributed by atoms with Gasteiger partial charge in [-0.15, -0.1) is 0 Å². The number of rotatable bonds is 2. The van der Waals surface area contributed by atoms with Crippen molar-refractivity contribution < 1.29 is 13.9 Å². The fourth-order valence-electron chi connectivity index (χ4n) is 0.847. The first-order valence-electron chi connectivity index (χ1n) is 3.21. The lowest BCUT2D eigenvalue weighted by Crippen LogP contribution is -1.93. The number of hydrogen-bond donors (Lipinski definition) is 0. The van der Waals surface area contributed by atoms with Gasteiger partial charge in [-0.2, -0.15) is 0 Å². The molecule has 1 aromatic rings. The molecule has 0 unspecified atom stereocenters. The summed E-state index contributed by atoms with van der Waals surface area (Å²) in [5.41, 5.74) is 0.677. The van der Waals surface area contributed by atoms with E-state index in [0.29, 0.717) is 5.56 Å². The minimum absolute atomic E-state index is 0.0969. The first-order chi connectivity index (χ1) is 5.65. The van der Waals surface area contributed by atoms with Gasteiger partial charge in [-0.1, -0.05) is 11.6 Å². The third kappa shape index (κ3) is 1.74. The Balaban J connectivity index is 3.18. The van der Waals surface area contributed by atoms with Crippen molar-refractivity contribution in [3.05, 3.63) is 28.5 Å². The maximum atomic E-state index is 12.9. The fourth-order valence-corrected chi connectivity index (χ4v) is 1.15. The summed E-state index contributed by atoms with van der Waals surface area (Å²) in [6, 6.07) is 2.76. The number of hydrogen-bond acceptors (Lipinski definition) is 2. The second-order valence-corrected chi connectivity index (χ2v) is 2.68. The van der Waals surface area contributed by atoms with Crippen molar-refractivity contribution in [3.63, 3.8) is 0 Å². The van der Waals surface area contributed by atoms with Crippen molar-refractivity contribution in [3.8, 4) is 5.75 Å². The molecule has 0 saturated heterocycles. The lowest BCUT2D eigenvalue weighted by molar-refractivity contribution is -0.120. The molecule has 0 N–H and O–H groups in total. The standard InChI is InChI=1S/C8H6ClFO2/c1-5-2-6(9)8(12-4-11)7(10)3-5/h2-4H,1H3. The van der Waals surface area contributed by atoms with Gasteiger partial charge in [-0.3, -0.25) is 4.79 Å². The highest BCUT2D eigenvalue weighted by molar-refractivity contribution is 6.32. The highest BCUT2D eigenvalue weighted by Gasteiger charge is 2.08. The van der Waals surface area contributed by atoms with Crippen molar-refractivity contribution >= 4 is 18.1 Å². The molecule has 0 aliphatic rings. The van der Waals surface area contributed by atoms with E-state index in [0.717, 1.165) is 0 Å². The van der Waals surface area contributed by atoms with Gasteiger partial charge in [0.05, 0.1) is 5.02 Å². The largest absolute Gasteiger partial charge is 0.424 e. The molecule has 4 heteroatoms. The van der Waals surface area contributed by atoms with Gasteiger partial charge in [0.15, 0.2) is 11.6 Å². The molecular weight excluding hydrogens is 183 g/mol. The van der Waals surface area contributed by atoms with Crippen LogP contribution in [0.5, 0.6) is 5.75 Å². The van der Waals surface area contributed by atoms with E-state index in [1.807, 2.05) is 0 Å². The Bertz CT molecular complexity index is 289. The Hall–Kier alpha value is -1.09. The molecule has 0 radical (unpaired) electrons. The average molecular weight is 189 g/mol. The summed E-state index contributed by atoms with van der Waals surface area (Å²) in [6.45, 7) is 1.83. The molecule has 0 spiro atoms. The molecule has 0 heterocycles. The normalized spacial score (nSPS) is 9.58. The minimum Gasteiger partial charge on any atom is -0.424 e. The number of carbonyl (C=O) groups is 1. The van der Waals surface area contributed by atoms with E-state index in [1.165, 1.54) is 12.1 Å².